The van der Waals surface area contributed by atoms with Crippen LogP contribution >= 0.6 is 0 Å². The van der Waals surface area contributed by atoms with Gasteiger partial charge in [0, 0.05) is 23.3 Å². The third kappa shape index (κ3) is 4.56. The predicted octanol–water partition coefficient (Wildman–Crippen LogP) is 3.64. The lowest BCUT2D eigenvalue weighted by atomic mass is 10.2. The first kappa shape index (κ1) is 21.1. The third-order valence-corrected chi connectivity index (χ3v) is 5.12. The van der Waals surface area contributed by atoms with Gasteiger partial charge in [-0.15, -0.1) is 0 Å². The van der Waals surface area contributed by atoms with Crippen molar-refractivity contribution >= 4 is 34.5 Å². The quantitative estimate of drug-likeness (QED) is 0.256. The maximum absolute atomic E-state index is 10.4. The molecule has 0 atom stereocenters. The Labute approximate surface area is 194 Å². The maximum Gasteiger partial charge on any atom is 0.207 e. The standard InChI is InChI=1S/C24H21N7O3/c1-16-10-17(2-5-22(16)34-19-6-8-31-23(12-19)27-14-29-31)30-24-20-11-18(33-9-7-25-15-32)3-4-21(20)26-13-28-24/h2-6,8,10-15H,7,9H2,1H3,(H,25,32)(H,26,28,30). The van der Waals surface area contributed by atoms with Crippen LogP contribution in [0.5, 0.6) is 17.2 Å². The summed E-state index contributed by atoms with van der Waals surface area (Å²) < 4.78 is 13.4. The molecule has 0 aliphatic heterocycles. The van der Waals surface area contributed by atoms with E-state index in [0.717, 1.165) is 27.9 Å². The van der Waals surface area contributed by atoms with Gasteiger partial charge in [0.25, 0.3) is 0 Å². The van der Waals surface area contributed by atoms with Gasteiger partial charge in [-0.2, -0.15) is 5.10 Å². The van der Waals surface area contributed by atoms with Crippen molar-refractivity contribution in [1.82, 2.24) is 29.9 Å². The van der Waals surface area contributed by atoms with Gasteiger partial charge in [0.05, 0.1) is 12.1 Å². The lowest BCUT2D eigenvalue weighted by Gasteiger charge is -2.13. The van der Waals surface area contributed by atoms with Gasteiger partial charge in [-0.05, 0) is 55.0 Å². The van der Waals surface area contributed by atoms with Crippen molar-refractivity contribution in [2.75, 3.05) is 18.5 Å². The first-order chi connectivity index (χ1) is 16.7. The van der Waals surface area contributed by atoms with E-state index in [0.29, 0.717) is 42.5 Å². The molecular formula is C24H21N7O3. The molecule has 0 saturated carbocycles. The summed E-state index contributed by atoms with van der Waals surface area (Å²) in [7, 11) is 0. The molecule has 0 spiro atoms. The Morgan fingerprint density at radius 2 is 1.94 bits per heavy atom. The van der Waals surface area contributed by atoms with Gasteiger partial charge < -0.3 is 20.1 Å². The first-order valence-corrected chi connectivity index (χ1v) is 10.6. The van der Waals surface area contributed by atoms with Gasteiger partial charge in [-0.25, -0.2) is 19.5 Å². The largest absolute Gasteiger partial charge is 0.492 e. The van der Waals surface area contributed by atoms with E-state index in [9.17, 15) is 4.79 Å². The zero-order valence-corrected chi connectivity index (χ0v) is 18.3. The highest BCUT2D eigenvalue weighted by atomic mass is 16.5. The summed E-state index contributed by atoms with van der Waals surface area (Å²) in [5.41, 5.74) is 3.32. The number of amides is 1. The van der Waals surface area contributed by atoms with Crippen molar-refractivity contribution in [2.24, 2.45) is 0 Å². The normalized spacial score (nSPS) is 10.9. The van der Waals surface area contributed by atoms with Crippen molar-refractivity contribution in [3.05, 3.63) is 72.9 Å². The number of aromatic nitrogens is 5. The van der Waals surface area contributed by atoms with E-state index in [2.05, 4.69) is 30.7 Å². The van der Waals surface area contributed by atoms with Gasteiger partial charge in [0.1, 0.15) is 42.3 Å². The van der Waals surface area contributed by atoms with E-state index in [-0.39, 0.29) is 0 Å². The molecule has 34 heavy (non-hydrogen) atoms. The summed E-state index contributed by atoms with van der Waals surface area (Å²) in [6.45, 7) is 2.78. The van der Waals surface area contributed by atoms with Crippen LogP contribution in [0.2, 0.25) is 0 Å². The minimum atomic E-state index is 0.366. The number of nitrogens with zero attached hydrogens (tertiary/aromatic N) is 5. The van der Waals surface area contributed by atoms with Gasteiger partial charge in [0.15, 0.2) is 5.65 Å². The lowest BCUT2D eigenvalue weighted by Crippen LogP contribution is -2.18. The molecule has 0 bridgehead atoms. The molecule has 0 aliphatic rings. The topological polar surface area (TPSA) is 116 Å². The summed E-state index contributed by atoms with van der Waals surface area (Å²) in [6, 6.07) is 15.1. The highest BCUT2D eigenvalue weighted by Gasteiger charge is 2.09. The number of aryl methyl sites for hydroxylation is 1. The number of pyridine rings is 1. The first-order valence-electron chi connectivity index (χ1n) is 10.6. The van der Waals surface area contributed by atoms with Crippen molar-refractivity contribution in [1.29, 1.82) is 0 Å². The fourth-order valence-corrected chi connectivity index (χ4v) is 3.48. The molecule has 3 heterocycles. The number of fused-ring (bicyclic) bond motifs is 2. The van der Waals surface area contributed by atoms with E-state index >= 15 is 0 Å². The van der Waals surface area contributed by atoms with Crippen LogP contribution in [0.3, 0.4) is 0 Å². The second-order valence-electron chi connectivity index (χ2n) is 7.45. The third-order valence-electron chi connectivity index (χ3n) is 5.12. The Hall–Kier alpha value is -4.73. The fourth-order valence-electron chi connectivity index (χ4n) is 3.48. The Bertz CT molecular complexity index is 1470. The summed E-state index contributed by atoms with van der Waals surface area (Å²) in [5.74, 6) is 2.75. The van der Waals surface area contributed by atoms with E-state index in [1.807, 2.05) is 55.5 Å². The van der Waals surface area contributed by atoms with E-state index in [4.69, 9.17) is 9.47 Å². The molecule has 0 aliphatic carbocycles. The van der Waals surface area contributed by atoms with Crippen molar-refractivity contribution in [3.8, 4) is 17.2 Å². The zero-order valence-electron chi connectivity index (χ0n) is 18.3. The van der Waals surface area contributed by atoms with Crippen LogP contribution in [0, 0.1) is 6.92 Å². The highest BCUT2D eigenvalue weighted by molar-refractivity contribution is 5.91. The molecule has 0 unspecified atom stereocenters. The number of anilines is 2. The molecule has 0 radical (unpaired) electrons. The number of hydrogen-bond acceptors (Lipinski definition) is 8. The monoisotopic (exact) mass is 455 g/mol. The minimum absolute atomic E-state index is 0.366. The van der Waals surface area contributed by atoms with Crippen LogP contribution < -0.4 is 20.1 Å². The van der Waals surface area contributed by atoms with Gasteiger partial charge in [-0.1, -0.05) is 0 Å². The van der Waals surface area contributed by atoms with E-state index in [1.54, 1.807) is 10.7 Å². The second kappa shape index (κ2) is 9.41. The van der Waals surface area contributed by atoms with Crippen LogP contribution in [0.4, 0.5) is 11.5 Å². The number of nitrogens with one attached hydrogen (secondary N) is 2. The number of hydrogen-bond donors (Lipinski definition) is 2. The van der Waals surface area contributed by atoms with Crippen LogP contribution in [0.1, 0.15) is 5.56 Å². The van der Waals surface area contributed by atoms with Gasteiger partial charge in [-0.3, -0.25) is 4.79 Å². The van der Waals surface area contributed by atoms with Crippen molar-refractivity contribution < 1.29 is 14.3 Å². The van der Waals surface area contributed by atoms with Crippen molar-refractivity contribution in [2.45, 2.75) is 6.92 Å². The molecule has 3 aromatic heterocycles. The molecule has 5 aromatic rings. The molecule has 5 rings (SSSR count). The number of rotatable bonds is 9. The maximum atomic E-state index is 10.4. The molecule has 2 aromatic carbocycles. The SMILES string of the molecule is Cc1cc(Nc2ncnc3ccc(OCCNC=O)cc23)ccc1Oc1ccn2ncnc2c1. The Morgan fingerprint density at radius 1 is 1.00 bits per heavy atom. The van der Waals surface area contributed by atoms with Crippen LogP contribution in [0.15, 0.2) is 67.4 Å². The van der Waals surface area contributed by atoms with Gasteiger partial charge in [0.2, 0.25) is 6.41 Å². The number of carbonyl (C=O) groups is 1. The molecule has 10 heteroatoms. The average molecular weight is 455 g/mol. The molecule has 0 saturated heterocycles. The summed E-state index contributed by atoms with van der Waals surface area (Å²) in [5, 5.41) is 10.8. The number of ether oxygens (including phenoxy) is 2. The highest BCUT2D eigenvalue weighted by Crippen LogP contribution is 2.31. The van der Waals surface area contributed by atoms with Crippen LogP contribution in [-0.4, -0.2) is 44.1 Å². The second-order valence-corrected chi connectivity index (χ2v) is 7.45. The van der Waals surface area contributed by atoms with Crippen LogP contribution in [-0.2, 0) is 4.79 Å². The molecule has 1 amide bonds. The molecule has 2 N–H and O–H groups in total. The summed E-state index contributed by atoms with van der Waals surface area (Å²) in [6.07, 6.45) is 5.47. The molecular weight excluding hydrogens is 434 g/mol. The minimum Gasteiger partial charge on any atom is -0.492 e. The van der Waals surface area contributed by atoms with E-state index < -0.39 is 0 Å². The molecule has 170 valence electrons. The Balaban J connectivity index is 1.34. The molecule has 0 fully saturated rings. The number of benzene rings is 2. The Kier molecular flexibility index (Phi) is 5.85. The smallest absolute Gasteiger partial charge is 0.207 e. The lowest BCUT2D eigenvalue weighted by molar-refractivity contribution is -0.109. The van der Waals surface area contributed by atoms with Crippen LogP contribution in [0.25, 0.3) is 16.6 Å². The zero-order chi connectivity index (χ0) is 23.3. The van der Waals surface area contributed by atoms with E-state index in [1.165, 1.54) is 12.7 Å². The summed E-state index contributed by atoms with van der Waals surface area (Å²) in [4.78, 5) is 23.3. The Morgan fingerprint density at radius 3 is 2.82 bits per heavy atom. The molecule has 10 nitrogen and oxygen atoms in total. The van der Waals surface area contributed by atoms with Crippen molar-refractivity contribution in [3.63, 3.8) is 0 Å². The number of carbonyl (C=O) groups excluding carboxylic acids is 1. The van der Waals surface area contributed by atoms with Gasteiger partial charge >= 0.3 is 0 Å². The summed E-state index contributed by atoms with van der Waals surface area (Å²) >= 11 is 0. The average Bonchev–Trinajstić information content (AvgIpc) is 3.32. The fraction of sp³-hybridized carbons (Fsp3) is 0.125. The predicted molar refractivity (Wildman–Crippen MR) is 127 cm³/mol.